The van der Waals surface area contributed by atoms with Crippen LogP contribution in [0, 0.1) is 32.8 Å². The molecule has 1 aromatic heterocycles. The van der Waals surface area contributed by atoms with Gasteiger partial charge in [-0.2, -0.15) is 10.5 Å². The smallest absolute Gasteiger partial charge is 0.324 e. The second-order valence-electron chi connectivity index (χ2n) is 5.16. The van der Waals surface area contributed by atoms with Gasteiger partial charge in [-0.1, -0.05) is 30.3 Å². The summed E-state index contributed by atoms with van der Waals surface area (Å²) in [6.07, 6.45) is 1.10. The Morgan fingerprint density at radius 2 is 1.85 bits per heavy atom. The van der Waals surface area contributed by atoms with Gasteiger partial charge in [0, 0.05) is 0 Å². The molecule has 1 amide bonds. The fraction of sp³-hybridized carbons (Fsp3) is 0.188. The van der Waals surface area contributed by atoms with Crippen LogP contribution in [0.2, 0.25) is 0 Å². The number of benzene rings is 1. The van der Waals surface area contributed by atoms with Crippen LogP contribution >= 0.6 is 0 Å². The molecule has 0 fully saturated rings. The van der Waals surface area contributed by atoms with Gasteiger partial charge in [0.2, 0.25) is 17.5 Å². The average molecular weight is 366 g/mol. The summed E-state index contributed by atoms with van der Waals surface area (Å²) < 4.78 is 0. The number of nitrogens with zero attached hydrogens (tertiary/aromatic N) is 6. The molecule has 2 rings (SSSR count). The molecular weight excluding hydrogens is 352 g/mol. The number of nitriles is 2. The Bertz CT molecular complexity index is 888. The maximum Gasteiger partial charge on any atom is 0.355 e. The van der Waals surface area contributed by atoms with E-state index in [0.717, 1.165) is 16.8 Å². The maximum absolute atomic E-state index is 12.0. The van der Waals surface area contributed by atoms with Crippen molar-refractivity contribution in [3.63, 3.8) is 0 Å². The second kappa shape index (κ2) is 9.29. The van der Waals surface area contributed by atoms with Crippen molar-refractivity contribution in [1.82, 2.24) is 15.4 Å². The highest BCUT2D eigenvalue weighted by molar-refractivity contribution is 5.81. The second-order valence-corrected chi connectivity index (χ2v) is 5.16. The van der Waals surface area contributed by atoms with Crippen LogP contribution < -0.4 is 15.8 Å². The van der Waals surface area contributed by atoms with E-state index in [0.29, 0.717) is 0 Å². The number of amides is 1. The number of carbonyl (C=O) groups excluding carboxylic acids is 1. The van der Waals surface area contributed by atoms with Gasteiger partial charge < -0.3 is 4.90 Å². The molecule has 2 aromatic rings. The van der Waals surface area contributed by atoms with Crippen LogP contribution in [0.25, 0.3) is 0 Å². The molecule has 0 aliphatic heterocycles. The predicted octanol–water partition coefficient (Wildman–Crippen LogP) is 0.924. The Morgan fingerprint density at radius 3 is 2.44 bits per heavy atom. The van der Waals surface area contributed by atoms with Gasteiger partial charge in [-0.05, 0) is 5.56 Å². The zero-order valence-corrected chi connectivity index (χ0v) is 14.0. The molecule has 0 unspecified atom stereocenters. The lowest BCUT2D eigenvalue weighted by atomic mass is 10.1. The van der Waals surface area contributed by atoms with Gasteiger partial charge in [-0.3, -0.25) is 25.8 Å². The summed E-state index contributed by atoms with van der Waals surface area (Å²) in [5.41, 5.74) is 4.96. The predicted molar refractivity (Wildman–Crippen MR) is 94.0 cm³/mol. The summed E-state index contributed by atoms with van der Waals surface area (Å²) in [6, 6.07) is 12.6. The highest BCUT2D eigenvalue weighted by Crippen LogP contribution is 2.31. The van der Waals surface area contributed by atoms with E-state index in [4.69, 9.17) is 10.5 Å². The number of carbonyl (C=O) groups is 1. The first kappa shape index (κ1) is 19.1. The standard InChI is InChI=1S/C16H14N8O3/c17-6-8-23(9-7-18)16-14(24(26)27)15(19-11-20-16)22-21-13(25)10-12-4-2-1-3-5-12/h1-5,11H,8-10H2,(H,21,25)(H,19,20,22). The van der Waals surface area contributed by atoms with Gasteiger partial charge in [0.15, 0.2) is 0 Å². The third-order valence-electron chi connectivity index (χ3n) is 3.34. The first-order valence-electron chi connectivity index (χ1n) is 7.63. The van der Waals surface area contributed by atoms with Gasteiger partial charge in [0.25, 0.3) is 0 Å². The van der Waals surface area contributed by atoms with Crippen LogP contribution in [0.5, 0.6) is 0 Å². The molecule has 0 radical (unpaired) electrons. The summed E-state index contributed by atoms with van der Waals surface area (Å²) in [4.78, 5) is 31.4. The Balaban J connectivity index is 2.20. The number of rotatable bonds is 8. The Labute approximate surface area is 154 Å². The third-order valence-corrected chi connectivity index (χ3v) is 3.34. The van der Waals surface area contributed by atoms with Crippen LogP contribution in [-0.2, 0) is 11.2 Å². The van der Waals surface area contributed by atoms with Crippen molar-refractivity contribution in [3.8, 4) is 12.1 Å². The quantitative estimate of drug-likeness (QED) is 0.393. The molecule has 11 nitrogen and oxygen atoms in total. The number of anilines is 2. The monoisotopic (exact) mass is 366 g/mol. The van der Waals surface area contributed by atoms with Crippen LogP contribution in [0.3, 0.4) is 0 Å². The van der Waals surface area contributed by atoms with Gasteiger partial charge >= 0.3 is 5.69 Å². The minimum atomic E-state index is -0.747. The van der Waals surface area contributed by atoms with E-state index in [9.17, 15) is 14.9 Å². The lowest BCUT2D eigenvalue weighted by Crippen LogP contribution is -2.32. The third kappa shape index (κ3) is 5.11. The Morgan fingerprint density at radius 1 is 1.19 bits per heavy atom. The zero-order chi connectivity index (χ0) is 19.6. The van der Waals surface area contributed by atoms with E-state index in [2.05, 4.69) is 20.8 Å². The topological polar surface area (TPSA) is 161 Å². The highest BCUT2D eigenvalue weighted by atomic mass is 16.6. The molecule has 0 saturated heterocycles. The van der Waals surface area contributed by atoms with E-state index in [1.165, 1.54) is 0 Å². The molecule has 27 heavy (non-hydrogen) atoms. The fourth-order valence-corrected chi connectivity index (χ4v) is 2.19. The van der Waals surface area contributed by atoms with E-state index in [1.54, 1.807) is 24.3 Å². The first-order valence-corrected chi connectivity index (χ1v) is 7.63. The van der Waals surface area contributed by atoms with Crippen LogP contribution in [-0.4, -0.2) is 33.9 Å². The van der Waals surface area contributed by atoms with E-state index in [1.807, 2.05) is 18.2 Å². The van der Waals surface area contributed by atoms with E-state index in [-0.39, 0.29) is 31.1 Å². The molecule has 0 spiro atoms. The molecular formula is C16H14N8O3. The molecule has 0 atom stereocenters. The van der Waals surface area contributed by atoms with Crippen molar-refractivity contribution in [2.45, 2.75) is 6.42 Å². The van der Waals surface area contributed by atoms with Gasteiger partial charge in [-0.15, -0.1) is 0 Å². The molecule has 136 valence electrons. The molecule has 2 N–H and O–H groups in total. The lowest BCUT2D eigenvalue weighted by Gasteiger charge is -2.17. The van der Waals surface area contributed by atoms with Gasteiger partial charge in [0.1, 0.15) is 19.4 Å². The fourth-order valence-electron chi connectivity index (χ4n) is 2.19. The minimum absolute atomic E-state index is 0.0641. The van der Waals surface area contributed by atoms with Crippen LogP contribution in [0.1, 0.15) is 5.56 Å². The zero-order valence-electron chi connectivity index (χ0n) is 14.0. The number of aromatic nitrogens is 2. The van der Waals surface area contributed by atoms with Crippen molar-refractivity contribution in [2.24, 2.45) is 0 Å². The van der Waals surface area contributed by atoms with Crippen molar-refractivity contribution in [1.29, 1.82) is 10.5 Å². The molecule has 0 aliphatic carbocycles. The molecule has 0 saturated carbocycles. The van der Waals surface area contributed by atoms with Crippen LogP contribution in [0.4, 0.5) is 17.3 Å². The molecule has 0 aliphatic rings. The van der Waals surface area contributed by atoms with Crippen molar-refractivity contribution in [3.05, 3.63) is 52.3 Å². The first-order chi connectivity index (χ1) is 13.1. The number of nitro groups is 1. The summed E-state index contributed by atoms with van der Waals surface area (Å²) >= 11 is 0. The highest BCUT2D eigenvalue weighted by Gasteiger charge is 2.27. The lowest BCUT2D eigenvalue weighted by molar-refractivity contribution is -0.383. The largest absolute Gasteiger partial charge is 0.355 e. The van der Waals surface area contributed by atoms with Gasteiger partial charge in [-0.25, -0.2) is 9.97 Å². The summed E-state index contributed by atoms with van der Waals surface area (Å²) in [6.45, 7) is -0.545. The average Bonchev–Trinajstić information content (AvgIpc) is 2.66. The van der Waals surface area contributed by atoms with Crippen molar-refractivity contribution in [2.75, 3.05) is 23.4 Å². The number of hydrogen-bond donors (Lipinski definition) is 2. The van der Waals surface area contributed by atoms with E-state index < -0.39 is 16.5 Å². The minimum Gasteiger partial charge on any atom is -0.324 e. The molecule has 0 bridgehead atoms. The number of hydrogen-bond acceptors (Lipinski definition) is 9. The number of hydrazine groups is 1. The normalized spacial score (nSPS) is 9.56. The summed E-state index contributed by atoms with van der Waals surface area (Å²) in [5.74, 6) is -0.883. The molecule has 1 aromatic carbocycles. The summed E-state index contributed by atoms with van der Waals surface area (Å²) in [5, 5.41) is 29.2. The Hall–Kier alpha value is -4.25. The summed E-state index contributed by atoms with van der Waals surface area (Å²) in [7, 11) is 0. The molecule has 11 heteroatoms. The van der Waals surface area contributed by atoms with Crippen molar-refractivity contribution < 1.29 is 9.72 Å². The van der Waals surface area contributed by atoms with E-state index >= 15 is 0 Å². The number of nitrogens with one attached hydrogen (secondary N) is 2. The van der Waals surface area contributed by atoms with Gasteiger partial charge in [0.05, 0.1) is 23.5 Å². The van der Waals surface area contributed by atoms with Crippen LogP contribution in [0.15, 0.2) is 36.7 Å². The van der Waals surface area contributed by atoms with Crippen molar-refractivity contribution >= 4 is 23.2 Å². The SMILES string of the molecule is N#CCN(CC#N)c1ncnc(NNC(=O)Cc2ccccc2)c1[N+](=O)[O-]. The molecule has 1 heterocycles. The maximum atomic E-state index is 12.0. The Kier molecular flexibility index (Phi) is 6.56.